The summed E-state index contributed by atoms with van der Waals surface area (Å²) in [5.74, 6) is -0.239. The predicted molar refractivity (Wildman–Crippen MR) is 105 cm³/mol. The van der Waals surface area contributed by atoms with Gasteiger partial charge in [-0.3, -0.25) is 0 Å². The van der Waals surface area contributed by atoms with E-state index in [2.05, 4.69) is 22.0 Å². The normalized spacial score (nSPS) is 13.7. The van der Waals surface area contributed by atoms with Crippen LogP contribution >= 0.6 is 11.3 Å². The van der Waals surface area contributed by atoms with Crippen LogP contribution in [0.4, 0.5) is 10.7 Å². The standard InChI is InChI=1S/C20H24N2O2S/c1-4-24-20(23)18-16-7-5-6-8-17(16)25-19(18)21-13-14-9-11-15(12-10-14)22(2)3/h9-13H,4-8H2,1-3H3. The fourth-order valence-electron chi connectivity index (χ4n) is 3.05. The Morgan fingerprint density at radius 1 is 1.24 bits per heavy atom. The van der Waals surface area contributed by atoms with Gasteiger partial charge in [0.25, 0.3) is 0 Å². The summed E-state index contributed by atoms with van der Waals surface area (Å²) in [4.78, 5) is 20.4. The number of esters is 1. The maximum atomic E-state index is 12.4. The number of aliphatic imine (C=N–C) groups is 1. The third kappa shape index (κ3) is 3.93. The minimum atomic E-state index is -0.239. The van der Waals surface area contributed by atoms with Gasteiger partial charge in [0.2, 0.25) is 0 Å². The second-order valence-electron chi connectivity index (χ2n) is 6.36. The van der Waals surface area contributed by atoms with Gasteiger partial charge in [0.05, 0.1) is 12.2 Å². The molecule has 0 fully saturated rings. The first-order valence-electron chi connectivity index (χ1n) is 8.73. The highest BCUT2D eigenvalue weighted by molar-refractivity contribution is 7.16. The molecule has 2 aromatic rings. The molecule has 1 aliphatic rings. The van der Waals surface area contributed by atoms with Crippen LogP contribution < -0.4 is 4.90 Å². The smallest absolute Gasteiger partial charge is 0.341 e. The summed E-state index contributed by atoms with van der Waals surface area (Å²) in [6.45, 7) is 2.23. The molecule has 0 N–H and O–H groups in total. The molecule has 1 aromatic carbocycles. The van der Waals surface area contributed by atoms with Gasteiger partial charge in [-0.15, -0.1) is 11.3 Å². The van der Waals surface area contributed by atoms with Gasteiger partial charge < -0.3 is 9.64 Å². The molecule has 0 amide bonds. The molecule has 5 heteroatoms. The predicted octanol–water partition coefficient (Wildman–Crippen LogP) is 4.62. The van der Waals surface area contributed by atoms with E-state index in [0.717, 1.165) is 41.1 Å². The fourth-order valence-corrected chi connectivity index (χ4v) is 4.27. The van der Waals surface area contributed by atoms with E-state index in [9.17, 15) is 4.79 Å². The van der Waals surface area contributed by atoms with Crippen molar-refractivity contribution in [3.63, 3.8) is 0 Å². The molecule has 1 aromatic heterocycles. The van der Waals surface area contributed by atoms with Crippen LogP contribution in [-0.4, -0.2) is 32.9 Å². The van der Waals surface area contributed by atoms with E-state index in [4.69, 9.17) is 4.74 Å². The number of hydrogen-bond donors (Lipinski definition) is 0. The molecule has 0 unspecified atom stereocenters. The molecular formula is C20H24N2O2S. The topological polar surface area (TPSA) is 41.9 Å². The number of carbonyl (C=O) groups excluding carboxylic acids is 1. The van der Waals surface area contributed by atoms with Crippen LogP contribution in [0.2, 0.25) is 0 Å². The van der Waals surface area contributed by atoms with Gasteiger partial charge in [-0.2, -0.15) is 0 Å². The Morgan fingerprint density at radius 2 is 1.96 bits per heavy atom. The molecule has 25 heavy (non-hydrogen) atoms. The van der Waals surface area contributed by atoms with Gasteiger partial charge in [-0.25, -0.2) is 9.79 Å². The Hall–Kier alpha value is -2.14. The van der Waals surface area contributed by atoms with Gasteiger partial charge in [0.15, 0.2) is 0 Å². The molecular weight excluding hydrogens is 332 g/mol. The molecule has 1 aliphatic carbocycles. The van der Waals surface area contributed by atoms with Crippen molar-refractivity contribution in [3.05, 3.63) is 45.8 Å². The second kappa shape index (κ2) is 7.83. The number of benzene rings is 1. The minimum absolute atomic E-state index is 0.239. The lowest BCUT2D eigenvalue weighted by molar-refractivity contribution is 0.0526. The van der Waals surface area contributed by atoms with Crippen LogP contribution in [0, 0.1) is 0 Å². The third-order valence-electron chi connectivity index (χ3n) is 4.37. The monoisotopic (exact) mass is 356 g/mol. The summed E-state index contributed by atoms with van der Waals surface area (Å²) in [7, 11) is 4.04. The molecule has 0 spiro atoms. The molecule has 0 bridgehead atoms. The summed E-state index contributed by atoms with van der Waals surface area (Å²) in [5.41, 5.74) is 4.01. The van der Waals surface area contributed by atoms with Crippen molar-refractivity contribution in [2.75, 3.05) is 25.6 Å². The molecule has 0 radical (unpaired) electrons. The van der Waals surface area contributed by atoms with Gasteiger partial charge in [-0.05, 0) is 55.9 Å². The number of anilines is 1. The first-order valence-corrected chi connectivity index (χ1v) is 9.55. The van der Waals surface area contributed by atoms with Gasteiger partial charge in [0, 0.05) is 30.9 Å². The van der Waals surface area contributed by atoms with E-state index in [-0.39, 0.29) is 5.97 Å². The van der Waals surface area contributed by atoms with Crippen molar-refractivity contribution in [1.29, 1.82) is 0 Å². The van der Waals surface area contributed by atoms with Crippen LogP contribution in [0.5, 0.6) is 0 Å². The van der Waals surface area contributed by atoms with Gasteiger partial charge >= 0.3 is 5.97 Å². The van der Waals surface area contributed by atoms with E-state index in [1.807, 2.05) is 39.4 Å². The summed E-state index contributed by atoms with van der Waals surface area (Å²) in [5, 5.41) is 0.780. The number of thiophene rings is 1. The Kier molecular flexibility index (Phi) is 5.53. The summed E-state index contributed by atoms with van der Waals surface area (Å²) >= 11 is 1.64. The number of carbonyl (C=O) groups is 1. The summed E-state index contributed by atoms with van der Waals surface area (Å²) in [6, 6.07) is 8.20. The van der Waals surface area contributed by atoms with Crippen molar-refractivity contribution in [3.8, 4) is 0 Å². The van der Waals surface area contributed by atoms with Gasteiger partial charge in [-0.1, -0.05) is 12.1 Å². The molecule has 0 atom stereocenters. The van der Waals surface area contributed by atoms with Crippen molar-refractivity contribution in [1.82, 2.24) is 0 Å². The average Bonchev–Trinajstić information content (AvgIpc) is 2.99. The lowest BCUT2D eigenvalue weighted by Gasteiger charge is -2.12. The highest BCUT2D eigenvalue weighted by Gasteiger charge is 2.25. The lowest BCUT2D eigenvalue weighted by atomic mass is 9.95. The van der Waals surface area contributed by atoms with Crippen molar-refractivity contribution >= 4 is 34.2 Å². The van der Waals surface area contributed by atoms with E-state index in [0.29, 0.717) is 12.2 Å². The zero-order valence-electron chi connectivity index (χ0n) is 15.0. The first kappa shape index (κ1) is 17.7. The molecule has 0 aliphatic heterocycles. The van der Waals surface area contributed by atoms with E-state index >= 15 is 0 Å². The maximum Gasteiger partial charge on any atom is 0.341 e. The first-order chi connectivity index (χ1) is 12.1. The lowest BCUT2D eigenvalue weighted by Crippen LogP contribution is -2.09. The largest absolute Gasteiger partial charge is 0.462 e. The Labute approximate surface area is 153 Å². The Morgan fingerprint density at radius 3 is 2.64 bits per heavy atom. The number of aryl methyl sites for hydroxylation is 1. The molecule has 1 heterocycles. The number of fused-ring (bicyclic) bond motifs is 1. The van der Waals surface area contributed by atoms with Crippen LogP contribution in [-0.2, 0) is 17.6 Å². The SMILES string of the molecule is CCOC(=O)c1c(N=Cc2ccc(N(C)C)cc2)sc2c1CCCC2. The summed E-state index contributed by atoms with van der Waals surface area (Å²) in [6.07, 6.45) is 6.14. The third-order valence-corrected chi connectivity index (χ3v) is 5.57. The number of rotatable bonds is 5. The zero-order chi connectivity index (χ0) is 17.8. The number of ether oxygens (including phenoxy) is 1. The van der Waals surface area contributed by atoms with E-state index in [1.165, 1.54) is 11.3 Å². The van der Waals surface area contributed by atoms with Crippen molar-refractivity contribution < 1.29 is 9.53 Å². The molecule has 132 valence electrons. The second-order valence-corrected chi connectivity index (χ2v) is 7.44. The van der Waals surface area contributed by atoms with Crippen molar-refractivity contribution in [2.24, 2.45) is 4.99 Å². The molecule has 4 nitrogen and oxygen atoms in total. The highest BCUT2D eigenvalue weighted by Crippen LogP contribution is 2.40. The van der Waals surface area contributed by atoms with E-state index in [1.54, 1.807) is 11.3 Å². The van der Waals surface area contributed by atoms with Gasteiger partial charge in [0.1, 0.15) is 5.00 Å². The zero-order valence-corrected chi connectivity index (χ0v) is 15.9. The van der Waals surface area contributed by atoms with Crippen LogP contribution in [0.25, 0.3) is 0 Å². The summed E-state index contributed by atoms with van der Waals surface area (Å²) < 4.78 is 5.28. The quantitative estimate of drug-likeness (QED) is 0.580. The molecule has 0 saturated heterocycles. The van der Waals surface area contributed by atoms with Crippen LogP contribution in [0.3, 0.4) is 0 Å². The molecule has 0 saturated carbocycles. The molecule has 3 rings (SSSR count). The Balaban J connectivity index is 1.90. The van der Waals surface area contributed by atoms with E-state index < -0.39 is 0 Å². The Bertz CT molecular complexity index is 776. The minimum Gasteiger partial charge on any atom is -0.462 e. The highest BCUT2D eigenvalue weighted by atomic mass is 32.1. The van der Waals surface area contributed by atoms with Crippen LogP contribution in [0.1, 0.15) is 46.1 Å². The maximum absolute atomic E-state index is 12.4. The average molecular weight is 356 g/mol. The van der Waals surface area contributed by atoms with Crippen LogP contribution in [0.15, 0.2) is 29.3 Å². The number of nitrogens with zero attached hydrogens (tertiary/aromatic N) is 2. The number of hydrogen-bond acceptors (Lipinski definition) is 5. The van der Waals surface area contributed by atoms with Crippen molar-refractivity contribution in [2.45, 2.75) is 32.6 Å². The fraction of sp³-hybridized carbons (Fsp3) is 0.400.